The molecular formula is C15H18ClNO3. The monoisotopic (exact) mass is 295 g/mol. The normalized spacial score (nSPS) is 15.1. The molecule has 1 aromatic rings. The lowest BCUT2D eigenvalue weighted by molar-refractivity contribution is -0.141. The molecule has 0 N–H and O–H groups in total. The molecule has 1 aliphatic rings. The number of ether oxygens (including phenoxy) is 1. The van der Waals surface area contributed by atoms with Gasteiger partial charge in [-0.25, -0.2) is 0 Å². The molecular weight excluding hydrogens is 278 g/mol. The summed E-state index contributed by atoms with van der Waals surface area (Å²) in [6.45, 7) is -0.0226. The largest absolute Gasteiger partial charge is 0.468 e. The van der Waals surface area contributed by atoms with E-state index in [1.807, 2.05) is 0 Å². The summed E-state index contributed by atoms with van der Waals surface area (Å²) < 4.78 is 4.69. The third-order valence-corrected chi connectivity index (χ3v) is 3.99. The van der Waals surface area contributed by atoms with Crippen molar-refractivity contribution < 1.29 is 14.3 Å². The number of hydrogen-bond donors (Lipinski definition) is 0. The number of esters is 1. The summed E-state index contributed by atoms with van der Waals surface area (Å²) in [7, 11) is 1.33. The van der Waals surface area contributed by atoms with Gasteiger partial charge in [0.1, 0.15) is 6.54 Å². The maximum Gasteiger partial charge on any atom is 0.325 e. The Morgan fingerprint density at radius 2 is 1.95 bits per heavy atom. The molecule has 1 saturated carbocycles. The lowest BCUT2D eigenvalue weighted by Gasteiger charge is -2.28. The minimum atomic E-state index is -0.405. The smallest absolute Gasteiger partial charge is 0.325 e. The number of nitrogens with zero attached hydrogens (tertiary/aromatic N) is 1. The topological polar surface area (TPSA) is 46.6 Å². The fourth-order valence-electron chi connectivity index (χ4n) is 2.58. The fraction of sp³-hybridized carbons (Fsp3) is 0.467. The standard InChI is InChI=1S/C15H18ClNO3/c1-20-14(18)10-17(11-6-2-3-7-11)15(19)12-8-4-5-9-13(12)16/h4-5,8-9,11H,2-3,6-7,10H2,1H3. The predicted molar refractivity (Wildman–Crippen MR) is 76.8 cm³/mol. The van der Waals surface area contributed by atoms with Crippen LogP contribution in [-0.2, 0) is 9.53 Å². The molecule has 1 aliphatic carbocycles. The van der Waals surface area contributed by atoms with Gasteiger partial charge in [0, 0.05) is 6.04 Å². The van der Waals surface area contributed by atoms with Gasteiger partial charge < -0.3 is 9.64 Å². The minimum absolute atomic E-state index is 0.0226. The summed E-state index contributed by atoms with van der Waals surface area (Å²) in [4.78, 5) is 25.8. The number of amides is 1. The molecule has 0 aromatic heterocycles. The van der Waals surface area contributed by atoms with Crippen molar-refractivity contribution in [3.05, 3.63) is 34.9 Å². The van der Waals surface area contributed by atoms with Crippen molar-refractivity contribution >= 4 is 23.5 Å². The highest BCUT2D eigenvalue weighted by molar-refractivity contribution is 6.33. The summed E-state index contributed by atoms with van der Waals surface area (Å²) in [6.07, 6.45) is 4.01. The average molecular weight is 296 g/mol. The van der Waals surface area contributed by atoms with Crippen molar-refractivity contribution in [2.75, 3.05) is 13.7 Å². The zero-order chi connectivity index (χ0) is 14.5. The first-order valence-electron chi connectivity index (χ1n) is 6.76. The van der Waals surface area contributed by atoms with Crippen LogP contribution in [0, 0.1) is 0 Å². The molecule has 1 aromatic carbocycles. The first-order chi connectivity index (χ1) is 9.63. The molecule has 0 atom stereocenters. The molecule has 0 aliphatic heterocycles. The van der Waals surface area contributed by atoms with Gasteiger partial charge in [-0.2, -0.15) is 0 Å². The zero-order valence-corrected chi connectivity index (χ0v) is 12.2. The van der Waals surface area contributed by atoms with Crippen molar-refractivity contribution in [3.8, 4) is 0 Å². The number of carbonyl (C=O) groups excluding carboxylic acids is 2. The van der Waals surface area contributed by atoms with Crippen LogP contribution < -0.4 is 0 Å². The Balaban J connectivity index is 2.23. The predicted octanol–water partition coefficient (Wildman–Crippen LogP) is 2.90. The summed E-state index contributed by atoms with van der Waals surface area (Å²) in [5.41, 5.74) is 0.435. The molecule has 1 fully saturated rings. The van der Waals surface area contributed by atoms with Crippen LogP contribution >= 0.6 is 11.6 Å². The number of carbonyl (C=O) groups is 2. The Kier molecular flexibility index (Phi) is 5.01. The van der Waals surface area contributed by atoms with E-state index in [1.54, 1.807) is 29.2 Å². The molecule has 0 radical (unpaired) electrons. The lowest BCUT2D eigenvalue weighted by atomic mass is 10.1. The van der Waals surface area contributed by atoms with Crippen LogP contribution in [0.1, 0.15) is 36.0 Å². The van der Waals surface area contributed by atoms with Gasteiger partial charge in [0.15, 0.2) is 0 Å². The molecule has 0 saturated heterocycles. The molecule has 20 heavy (non-hydrogen) atoms. The van der Waals surface area contributed by atoms with Crippen LogP contribution in [0.4, 0.5) is 0 Å². The number of hydrogen-bond acceptors (Lipinski definition) is 3. The number of benzene rings is 1. The van der Waals surface area contributed by atoms with Gasteiger partial charge in [0.2, 0.25) is 0 Å². The second kappa shape index (κ2) is 6.75. The van der Waals surface area contributed by atoms with E-state index in [1.165, 1.54) is 7.11 Å². The Hall–Kier alpha value is -1.55. The van der Waals surface area contributed by atoms with Crippen molar-refractivity contribution in [2.45, 2.75) is 31.7 Å². The van der Waals surface area contributed by atoms with Gasteiger partial charge in [0.05, 0.1) is 17.7 Å². The van der Waals surface area contributed by atoms with Crippen LogP contribution in [0.3, 0.4) is 0 Å². The van der Waals surface area contributed by atoms with Crippen molar-refractivity contribution in [2.24, 2.45) is 0 Å². The molecule has 0 bridgehead atoms. The number of rotatable bonds is 4. The van der Waals surface area contributed by atoms with Gasteiger partial charge in [-0.3, -0.25) is 9.59 Å². The third-order valence-electron chi connectivity index (χ3n) is 3.66. The first-order valence-corrected chi connectivity index (χ1v) is 7.13. The van der Waals surface area contributed by atoms with E-state index >= 15 is 0 Å². The van der Waals surface area contributed by atoms with E-state index < -0.39 is 5.97 Å². The van der Waals surface area contributed by atoms with Crippen molar-refractivity contribution in [3.63, 3.8) is 0 Å². The Morgan fingerprint density at radius 3 is 2.55 bits per heavy atom. The SMILES string of the molecule is COC(=O)CN(C(=O)c1ccccc1Cl)C1CCCC1. The minimum Gasteiger partial charge on any atom is -0.468 e. The molecule has 0 unspecified atom stereocenters. The van der Waals surface area contributed by atoms with Crippen molar-refractivity contribution in [1.29, 1.82) is 0 Å². The molecule has 5 heteroatoms. The number of methoxy groups -OCH3 is 1. The van der Waals surface area contributed by atoms with E-state index in [2.05, 4.69) is 0 Å². The van der Waals surface area contributed by atoms with Crippen LogP contribution in [0.15, 0.2) is 24.3 Å². The van der Waals surface area contributed by atoms with E-state index in [4.69, 9.17) is 16.3 Å². The van der Waals surface area contributed by atoms with Crippen LogP contribution in [0.2, 0.25) is 5.02 Å². The Bertz CT molecular complexity index is 498. The molecule has 108 valence electrons. The third kappa shape index (κ3) is 3.31. The molecule has 1 amide bonds. The zero-order valence-electron chi connectivity index (χ0n) is 11.5. The second-order valence-corrected chi connectivity index (χ2v) is 5.33. The van der Waals surface area contributed by atoms with E-state index in [0.29, 0.717) is 10.6 Å². The Morgan fingerprint density at radius 1 is 1.30 bits per heavy atom. The van der Waals surface area contributed by atoms with Gasteiger partial charge in [-0.05, 0) is 25.0 Å². The summed E-state index contributed by atoms with van der Waals surface area (Å²) >= 11 is 6.08. The molecule has 0 spiro atoms. The summed E-state index contributed by atoms with van der Waals surface area (Å²) in [5, 5.41) is 0.408. The number of halogens is 1. The maximum atomic E-state index is 12.6. The van der Waals surface area contributed by atoms with Gasteiger partial charge in [0.25, 0.3) is 5.91 Å². The first kappa shape index (κ1) is 14.9. The van der Waals surface area contributed by atoms with Gasteiger partial charge >= 0.3 is 5.97 Å². The van der Waals surface area contributed by atoms with Crippen LogP contribution in [-0.4, -0.2) is 36.5 Å². The molecule has 4 nitrogen and oxygen atoms in total. The van der Waals surface area contributed by atoms with E-state index in [-0.39, 0.29) is 18.5 Å². The van der Waals surface area contributed by atoms with Crippen LogP contribution in [0.5, 0.6) is 0 Å². The fourth-order valence-corrected chi connectivity index (χ4v) is 2.79. The van der Waals surface area contributed by atoms with Gasteiger partial charge in [-0.15, -0.1) is 0 Å². The molecule has 2 rings (SSSR count). The van der Waals surface area contributed by atoms with Gasteiger partial charge in [-0.1, -0.05) is 36.6 Å². The van der Waals surface area contributed by atoms with E-state index in [0.717, 1.165) is 25.7 Å². The lowest BCUT2D eigenvalue weighted by Crippen LogP contribution is -2.42. The highest BCUT2D eigenvalue weighted by Crippen LogP contribution is 2.26. The van der Waals surface area contributed by atoms with Crippen molar-refractivity contribution in [1.82, 2.24) is 4.90 Å². The summed E-state index contributed by atoms with van der Waals surface area (Å²) in [6, 6.07) is 7.01. The highest BCUT2D eigenvalue weighted by Gasteiger charge is 2.30. The average Bonchev–Trinajstić information content (AvgIpc) is 2.98. The second-order valence-electron chi connectivity index (χ2n) is 4.93. The molecule has 0 heterocycles. The van der Waals surface area contributed by atoms with Crippen LogP contribution in [0.25, 0.3) is 0 Å². The maximum absolute atomic E-state index is 12.6. The quantitative estimate of drug-likeness (QED) is 0.803. The van der Waals surface area contributed by atoms with E-state index in [9.17, 15) is 9.59 Å². The Labute approximate surface area is 123 Å². The highest BCUT2D eigenvalue weighted by atomic mass is 35.5. The summed E-state index contributed by atoms with van der Waals surface area (Å²) in [5.74, 6) is -0.606.